The number of carbonyl (C=O) groups is 2. The second kappa shape index (κ2) is 8.62. The van der Waals surface area contributed by atoms with Crippen LogP contribution in [0.15, 0.2) is 77.4 Å². The van der Waals surface area contributed by atoms with E-state index >= 15 is 0 Å². The van der Waals surface area contributed by atoms with Gasteiger partial charge in [-0.3, -0.25) is 9.59 Å². The van der Waals surface area contributed by atoms with Crippen molar-refractivity contribution in [3.63, 3.8) is 0 Å². The lowest BCUT2D eigenvalue weighted by molar-refractivity contribution is -0.116. The number of anilines is 1. The van der Waals surface area contributed by atoms with Crippen LogP contribution >= 0.6 is 0 Å². The predicted octanol–water partition coefficient (Wildman–Crippen LogP) is 4.00. The Morgan fingerprint density at radius 1 is 1.00 bits per heavy atom. The molecule has 3 aromatic rings. The van der Waals surface area contributed by atoms with E-state index in [1.54, 1.807) is 42.5 Å². The van der Waals surface area contributed by atoms with Gasteiger partial charge in [-0.2, -0.15) is 0 Å². The van der Waals surface area contributed by atoms with Crippen molar-refractivity contribution < 1.29 is 18.4 Å². The second-order valence-corrected chi connectivity index (χ2v) is 5.73. The Hall–Kier alpha value is -3.67. The van der Waals surface area contributed by atoms with Crippen LogP contribution in [0, 0.1) is 5.82 Å². The average Bonchev–Trinajstić information content (AvgIpc) is 3.22. The van der Waals surface area contributed by atoms with Gasteiger partial charge in [-0.15, -0.1) is 0 Å². The van der Waals surface area contributed by atoms with Crippen LogP contribution in [0.3, 0.4) is 0 Å². The molecule has 0 atom stereocenters. The monoisotopic (exact) mass is 364 g/mol. The SMILES string of the molecule is O=C(/C=C/c1ccc(F)cc1)NCc1ccc(NC(=O)c2ccco2)cc1. The van der Waals surface area contributed by atoms with Gasteiger partial charge in [0.2, 0.25) is 5.91 Å². The van der Waals surface area contributed by atoms with Gasteiger partial charge in [-0.05, 0) is 53.6 Å². The molecule has 0 spiro atoms. The Kier molecular flexibility index (Phi) is 5.79. The molecule has 1 heterocycles. The molecule has 0 saturated carbocycles. The van der Waals surface area contributed by atoms with Crippen LogP contribution in [-0.4, -0.2) is 11.8 Å². The second-order valence-electron chi connectivity index (χ2n) is 5.73. The molecule has 1 aromatic heterocycles. The number of hydrogen-bond donors (Lipinski definition) is 2. The average molecular weight is 364 g/mol. The van der Waals surface area contributed by atoms with Crippen molar-refractivity contribution in [1.29, 1.82) is 0 Å². The van der Waals surface area contributed by atoms with E-state index in [1.807, 2.05) is 12.1 Å². The van der Waals surface area contributed by atoms with Gasteiger partial charge in [-0.1, -0.05) is 24.3 Å². The van der Waals surface area contributed by atoms with E-state index in [0.717, 1.165) is 11.1 Å². The standard InChI is InChI=1S/C21H17FN2O3/c22-17-8-3-15(4-9-17)7-12-20(25)23-14-16-5-10-18(11-6-16)24-21(26)19-2-1-13-27-19/h1-13H,14H2,(H,23,25)(H,24,26)/b12-7+. The molecule has 0 aliphatic carbocycles. The van der Waals surface area contributed by atoms with E-state index in [9.17, 15) is 14.0 Å². The molecule has 0 fully saturated rings. The van der Waals surface area contributed by atoms with E-state index in [2.05, 4.69) is 10.6 Å². The first-order valence-corrected chi connectivity index (χ1v) is 8.25. The number of hydrogen-bond acceptors (Lipinski definition) is 3. The normalized spacial score (nSPS) is 10.7. The fourth-order valence-electron chi connectivity index (χ4n) is 2.30. The minimum atomic E-state index is -0.327. The first kappa shape index (κ1) is 18.1. The first-order valence-electron chi connectivity index (χ1n) is 8.25. The van der Waals surface area contributed by atoms with Gasteiger partial charge in [0.05, 0.1) is 6.26 Å². The van der Waals surface area contributed by atoms with Crippen molar-refractivity contribution in [2.45, 2.75) is 6.54 Å². The maximum Gasteiger partial charge on any atom is 0.291 e. The third kappa shape index (κ3) is 5.40. The fourth-order valence-corrected chi connectivity index (χ4v) is 2.30. The number of rotatable bonds is 6. The maximum atomic E-state index is 12.8. The molecule has 0 saturated heterocycles. The molecule has 2 N–H and O–H groups in total. The quantitative estimate of drug-likeness (QED) is 0.650. The number of furan rings is 1. The molecule has 0 aliphatic rings. The number of benzene rings is 2. The van der Waals surface area contributed by atoms with Gasteiger partial charge in [0.25, 0.3) is 5.91 Å². The van der Waals surface area contributed by atoms with Crippen LogP contribution in [0.25, 0.3) is 6.08 Å². The first-order chi connectivity index (χ1) is 13.1. The molecule has 3 rings (SSSR count). The van der Waals surface area contributed by atoms with Crippen LogP contribution < -0.4 is 10.6 Å². The largest absolute Gasteiger partial charge is 0.459 e. The lowest BCUT2D eigenvalue weighted by atomic mass is 10.2. The highest BCUT2D eigenvalue weighted by molar-refractivity contribution is 6.02. The van der Waals surface area contributed by atoms with E-state index in [4.69, 9.17) is 4.42 Å². The summed E-state index contributed by atoms with van der Waals surface area (Å²) in [5.41, 5.74) is 2.25. The van der Waals surface area contributed by atoms with Crippen LogP contribution in [-0.2, 0) is 11.3 Å². The van der Waals surface area contributed by atoms with E-state index in [-0.39, 0.29) is 23.4 Å². The van der Waals surface area contributed by atoms with E-state index in [0.29, 0.717) is 12.2 Å². The number of halogens is 1. The molecular weight excluding hydrogens is 347 g/mol. The van der Waals surface area contributed by atoms with Gasteiger partial charge in [0, 0.05) is 18.3 Å². The summed E-state index contributed by atoms with van der Waals surface area (Å²) in [5, 5.41) is 5.48. The van der Waals surface area contributed by atoms with Crippen molar-refractivity contribution in [3.8, 4) is 0 Å². The summed E-state index contributed by atoms with van der Waals surface area (Å²) >= 11 is 0. The molecule has 6 heteroatoms. The van der Waals surface area contributed by atoms with Gasteiger partial charge < -0.3 is 15.1 Å². The number of nitrogens with one attached hydrogen (secondary N) is 2. The number of carbonyl (C=O) groups excluding carboxylic acids is 2. The molecule has 0 aliphatic heterocycles. The summed E-state index contributed by atoms with van der Waals surface area (Å²) < 4.78 is 17.9. The molecule has 0 bridgehead atoms. The molecular formula is C21H17FN2O3. The fraction of sp³-hybridized carbons (Fsp3) is 0.0476. The third-order valence-electron chi connectivity index (χ3n) is 3.72. The molecule has 27 heavy (non-hydrogen) atoms. The summed E-state index contributed by atoms with van der Waals surface area (Å²) in [7, 11) is 0. The van der Waals surface area contributed by atoms with E-state index in [1.165, 1.54) is 24.5 Å². The highest BCUT2D eigenvalue weighted by atomic mass is 19.1. The Balaban J connectivity index is 1.48. The van der Waals surface area contributed by atoms with Crippen molar-refractivity contribution in [2.75, 3.05) is 5.32 Å². The summed E-state index contributed by atoms with van der Waals surface area (Å²) in [6.07, 6.45) is 4.44. The highest BCUT2D eigenvalue weighted by Gasteiger charge is 2.08. The van der Waals surface area contributed by atoms with Crippen LogP contribution in [0.2, 0.25) is 0 Å². The van der Waals surface area contributed by atoms with Crippen molar-refractivity contribution in [3.05, 3.63) is 95.7 Å². The topological polar surface area (TPSA) is 71.3 Å². The molecule has 5 nitrogen and oxygen atoms in total. The zero-order chi connectivity index (χ0) is 19.1. The third-order valence-corrected chi connectivity index (χ3v) is 3.72. The Bertz CT molecular complexity index is 931. The van der Waals surface area contributed by atoms with Gasteiger partial charge in [-0.25, -0.2) is 4.39 Å². The summed E-state index contributed by atoms with van der Waals surface area (Å²) in [6.45, 7) is 0.346. The van der Waals surface area contributed by atoms with Gasteiger partial charge in [0.1, 0.15) is 5.82 Å². The van der Waals surface area contributed by atoms with Crippen molar-refractivity contribution in [2.24, 2.45) is 0 Å². The molecule has 2 aromatic carbocycles. The lowest BCUT2D eigenvalue weighted by Gasteiger charge is -2.06. The highest BCUT2D eigenvalue weighted by Crippen LogP contribution is 2.12. The van der Waals surface area contributed by atoms with Crippen LogP contribution in [0.4, 0.5) is 10.1 Å². The molecule has 2 amide bonds. The van der Waals surface area contributed by atoms with Gasteiger partial charge >= 0.3 is 0 Å². The molecule has 0 unspecified atom stereocenters. The smallest absolute Gasteiger partial charge is 0.291 e. The zero-order valence-corrected chi connectivity index (χ0v) is 14.3. The zero-order valence-electron chi connectivity index (χ0n) is 14.3. The minimum Gasteiger partial charge on any atom is -0.459 e. The molecule has 0 radical (unpaired) electrons. The Morgan fingerprint density at radius 3 is 2.41 bits per heavy atom. The number of amides is 2. The van der Waals surface area contributed by atoms with E-state index < -0.39 is 0 Å². The Labute approximate surface area is 155 Å². The summed E-state index contributed by atoms with van der Waals surface area (Å²) in [5.74, 6) is -0.666. The summed E-state index contributed by atoms with van der Waals surface area (Å²) in [6, 6.07) is 16.2. The van der Waals surface area contributed by atoms with Crippen LogP contribution in [0.5, 0.6) is 0 Å². The Morgan fingerprint density at radius 2 is 1.74 bits per heavy atom. The van der Waals surface area contributed by atoms with Crippen molar-refractivity contribution >= 4 is 23.6 Å². The predicted molar refractivity (Wildman–Crippen MR) is 100 cm³/mol. The van der Waals surface area contributed by atoms with Crippen molar-refractivity contribution in [1.82, 2.24) is 5.32 Å². The lowest BCUT2D eigenvalue weighted by Crippen LogP contribution is -2.20. The maximum absolute atomic E-state index is 12.8. The molecule has 136 valence electrons. The minimum absolute atomic E-state index is 0.235. The van der Waals surface area contributed by atoms with Crippen LogP contribution in [0.1, 0.15) is 21.7 Å². The van der Waals surface area contributed by atoms with Gasteiger partial charge in [0.15, 0.2) is 5.76 Å². The summed E-state index contributed by atoms with van der Waals surface area (Å²) in [4.78, 5) is 23.8.